The molecule has 0 fully saturated rings. The Bertz CT molecular complexity index is 751. The molecule has 0 radical (unpaired) electrons. The first-order valence-corrected chi connectivity index (χ1v) is 5.96. The number of carbonyl (C=O) groups excluding carboxylic acids is 1. The Kier molecular flexibility index (Phi) is 2.82. The number of aryl methyl sites for hydroxylation is 2. The molecule has 3 aromatic rings. The second kappa shape index (κ2) is 4.65. The topological polar surface area (TPSA) is 93.4 Å². The van der Waals surface area contributed by atoms with Gasteiger partial charge in [-0.05, 0) is 6.07 Å². The van der Waals surface area contributed by atoms with Gasteiger partial charge >= 0.3 is 0 Å². The average Bonchev–Trinajstić information content (AvgIpc) is 3.10. The summed E-state index contributed by atoms with van der Waals surface area (Å²) in [5.74, 6) is -0.263. The highest BCUT2D eigenvalue weighted by Gasteiger charge is 2.12. The second-order valence-corrected chi connectivity index (χ2v) is 4.43. The molecule has 3 heterocycles. The molecule has 20 heavy (non-hydrogen) atoms. The van der Waals surface area contributed by atoms with Crippen molar-refractivity contribution < 1.29 is 4.79 Å². The summed E-state index contributed by atoms with van der Waals surface area (Å²) in [6, 6.07) is 1.68. The molecule has 102 valence electrons. The van der Waals surface area contributed by atoms with Crippen molar-refractivity contribution in [2.45, 2.75) is 0 Å². The maximum atomic E-state index is 12.0. The fraction of sp³-hybridized carbons (Fsp3) is 0.167. The molecule has 8 heteroatoms. The molecular formula is C12H13N7O. The van der Waals surface area contributed by atoms with Gasteiger partial charge < -0.3 is 5.32 Å². The first-order valence-electron chi connectivity index (χ1n) is 5.96. The zero-order chi connectivity index (χ0) is 14.1. The molecule has 0 aliphatic carbocycles. The van der Waals surface area contributed by atoms with Gasteiger partial charge in [0.15, 0.2) is 0 Å². The van der Waals surface area contributed by atoms with Gasteiger partial charge in [-0.3, -0.25) is 19.3 Å². The summed E-state index contributed by atoms with van der Waals surface area (Å²) in [6.07, 6.45) is 6.82. The quantitative estimate of drug-likeness (QED) is 0.736. The van der Waals surface area contributed by atoms with Crippen LogP contribution >= 0.6 is 0 Å². The molecule has 0 aliphatic heterocycles. The highest BCUT2D eigenvalue weighted by Crippen LogP contribution is 2.17. The van der Waals surface area contributed by atoms with Crippen LogP contribution in [-0.2, 0) is 14.1 Å². The Balaban J connectivity index is 1.78. The van der Waals surface area contributed by atoms with Crippen LogP contribution in [-0.4, -0.2) is 35.7 Å². The predicted molar refractivity (Wildman–Crippen MR) is 72.0 cm³/mol. The largest absolute Gasteiger partial charge is 0.318 e. The zero-order valence-corrected chi connectivity index (χ0v) is 11.0. The molecule has 0 saturated heterocycles. The lowest BCUT2D eigenvalue weighted by molar-refractivity contribution is 0.102. The Morgan fingerprint density at radius 1 is 1.20 bits per heavy atom. The van der Waals surface area contributed by atoms with Crippen LogP contribution < -0.4 is 5.32 Å². The number of H-pyrrole nitrogens is 1. The van der Waals surface area contributed by atoms with Crippen molar-refractivity contribution in [1.29, 1.82) is 0 Å². The summed E-state index contributed by atoms with van der Waals surface area (Å²) in [6.45, 7) is 0. The molecule has 0 aromatic carbocycles. The van der Waals surface area contributed by atoms with Crippen molar-refractivity contribution in [3.63, 3.8) is 0 Å². The van der Waals surface area contributed by atoms with Crippen LogP contribution in [0.25, 0.3) is 11.3 Å². The monoisotopic (exact) mass is 271 g/mol. The van der Waals surface area contributed by atoms with Gasteiger partial charge in [0, 0.05) is 32.1 Å². The van der Waals surface area contributed by atoms with E-state index >= 15 is 0 Å². The summed E-state index contributed by atoms with van der Waals surface area (Å²) in [5.41, 5.74) is 2.54. The third-order valence-corrected chi connectivity index (χ3v) is 2.79. The van der Waals surface area contributed by atoms with Crippen LogP contribution in [0.5, 0.6) is 0 Å². The molecule has 2 N–H and O–H groups in total. The number of amides is 1. The van der Waals surface area contributed by atoms with Gasteiger partial charge in [0.1, 0.15) is 5.69 Å². The first kappa shape index (κ1) is 12.2. The number of hydrogen-bond donors (Lipinski definition) is 2. The predicted octanol–water partition coefficient (Wildman–Crippen LogP) is 0.796. The van der Waals surface area contributed by atoms with Gasteiger partial charge in [-0.25, -0.2) is 0 Å². The summed E-state index contributed by atoms with van der Waals surface area (Å²) < 4.78 is 3.29. The number of aromatic amines is 1. The number of anilines is 1. The van der Waals surface area contributed by atoms with Crippen LogP contribution in [0.2, 0.25) is 0 Å². The first-order chi connectivity index (χ1) is 9.61. The maximum absolute atomic E-state index is 12.0. The van der Waals surface area contributed by atoms with Gasteiger partial charge in [-0.1, -0.05) is 0 Å². The minimum atomic E-state index is -0.263. The molecule has 0 unspecified atom stereocenters. The lowest BCUT2D eigenvalue weighted by atomic mass is 10.2. The average molecular weight is 271 g/mol. The van der Waals surface area contributed by atoms with Gasteiger partial charge in [0.25, 0.3) is 5.91 Å². The third kappa shape index (κ3) is 2.30. The normalized spacial score (nSPS) is 10.7. The summed E-state index contributed by atoms with van der Waals surface area (Å²) in [4.78, 5) is 12.0. The Hall–Kier alpha value is -2.90. The number of nitrogens with one attached hydrogen (secondary N) is 2. The van der Waals surface area contributed by atoms with Crippen LogP contribution in [0, 0.1) is 0 Å². The third-order valence-electron chi connectivity index (χ3n) is 2.79. The van der Waals surface area contributed by atoms with Crippen molar-refractivity contribution in [1.82, 2.24) is 29.8 Å². The lowest BCUT2D eigenvalue weighted by Crippen LogP contribution is -2.11. The molecule has 1 amide bonds. The van der Waals surface area contributed by atoms with E-state index in [0.717, 1.165) is 5.56 Å². The molecule has 8 nitrogen and oxygen atoms in total. The summed E-state index contributed by atoms with van der Waals surface area (Å²) in [5, 5.41) is 17.6. The molecular weight excluding hydrogens is 258 g/mol. The van der Waals surface area contributed by atoms with E-state index < -0.39 is 0 Å². The van der Waals surface area contributed by atoms with Gasteiger partial charge in [-0.2, -0.15) is 15.3 Å². The number of aromatic nitrogens is 6. The molecule has 0 bridgehead atoms. The van der Waals surface area contributed by atoms with E-state index in [4.69, 9.17) is 0 Å². The fourth-order valence-corrected chi connectivity index (χ4v) is 1.82. The van der Waals surface area contributed by atoms with Crippen LogP contribution in [0.4, 0.5) is 5.69 Å². The minimum Gasteiger partial charge on any atom is -0.318 e. The van der Waals surface area contributed by atoms with E-state index in [0.29, 0.717) is 17.1 Å². The number of hydrogen-bond acceptors (Lipinski definition) is 4. The lowest BCUT2D eigenvalue weighted by Gasteiger charge is -1.97. The molecule has 0 spiro atoms. The van der Waals surface area contributed by atoms with Crippen molar-refractivity contribution >= 4 is 11.6 Å². The van der Waals surface area contributed by atoms with Crippen molar-refractivity contribution in [3.8, 4) is 11.3 Å². The van der Waals surface area contributed by atoms with Crippen molar-refractivity contribution in [3.05, 3.63) is 36.5 Å². The fourth-order valence-electron chi connectivity index (χ4n) is 1.82. The van der Waals surface area contributed by atoms with E-state index in [2.05, 4.69) is 25.7 Å². The van der Waals surface area contributed by atoms with Crippen molar-refractivity contribution in [2.24, 2.45) is 14.1 Å². The van der Waals surface area contributed by atoms with E-state index in [1.165, 1.54) is 0 Å². The molecule has 3 rings (SSSR count). The van der Waals surface area contributed by atoms with Gasteiger partial charge in [-0.15, -0.1) is 0 Å². The summed E-state index contributed by atoms with van der Waals surface area (Å²) in [7, 11) is 3.61. The standard InChI is InChI=1S/C12H13N7O/c1-18-6-8(4-13-18)10-3-11(17-16-10)12(20)15-9-5-14-19(2)7-9/h3-7H,1-2H3,(H,15,20)(H,16,17). The van der Waals surface area contributed by atoms with Crippen LogP contribution in [0.1, 0.15) is 10.5 Å². The Morgan fingerprint density at radius 2 is 1.95 bits per heavy atom. The van der Waals surface area contributed by atoms with E-state index in [-0.39, 0.29) is 5.91 Å². The van der Waals surface area contributed by atoms with Crippen LogP contribution in [0.3, 0.4) is 0 Å². The van der Waals surface area contributed by atoms with E-state index in [1.54, 1.807) is 41.1 Å². The molecule has 0 aliphatic rings. The highest BCUT2D eigenvalue weighted by molar-refractivity contribution is 6.03. The molecule has 0 atom stereocenters. The Morgan fingerprint density at radius 3 is 2.60 bits per heavy atom. The number of nitrogens with zero attached hydrogens (tertiary/aromatic N) is 5. The van der Waals surface area contributed by atoms with Gasteiger partial charge in [0.05, 0.1) is 23.8 Å². The number of rotatable bonds is 3. The molecule has 0 saturated carbocycles. The SMILES string of the molecule is Cn1cc(NC(=O)c2cc(-c3cnn(C)c3)n[nH]2)cn1. The number of carbonyl (C=O) groups is 1. The van der Waals surface area contributed by atoms with E-state index in [1.807, 2.05) is 13.2 Å². The molecule has 3 aromatic heterocycles. The van der Waals surface area contributed by atoms with Crippen molar-refractivity contribution in [2.75, 3.05) is 5.32 Å². The Labute approximate surface area is 114 Å². The maximum Gasteiger partial charge on any atom is 0.273 e. The second-order valence-electron chi connectivity index (χ2n) is 4.43. The van der Waals surface area contributed by atoms with Gasteiger partial charge in [0.2, 0.25) is 0 Å². The summed E-state index contributed by atoms with van der Waals surface area (Å²) >= 11 is 0. The van der Waals surface area contributed by atoms with Crippen LogP contribution in [0.15, 0.2) is 30.9 Å². The van der Waals surface area contributed by atoms with E-state index in [9.17, 15) is 4.79 Å². The zero-order valence-electron chi connectivity index (χ0n) is 11.0. The smallest absolute Gasteiger partial charge is 0.273 e. The minimum absolute atomic E-state index is 0.263. The highest BCUT2D eigenvalue weighted by atomic mass is 16.1.